The van der Waals surface area contributed by atoms with Gasteiger partial charge in [-0.1, -0.05) is 29.8 Å². The molecule has 0 aliphatic carbocycles. The molecular weight excluding hydrogens is 362 g/mol. The van der Waals surface area contributed by atoms with Crippen LogP contribution in [0.2, 0.25) is 0 Å². The van der Waals surface area contributed by atoms with Crippen molar-refractivity contribution in [1.29, 1.82) is 0 Å². The van der Waals surface area contributed by atoms with Crippen LogP contribution in [0.5, 0.6) is 0 Å². The lowest BCUT2D eigenvalue weighted by molar-refractivity contribution is -0.890. The fraction of sp³-hybridized carbons (Fsp3) is 0.350. The fourth-order valence-corrected chi connectivity index (χ4v) is 4.37. The van der Waals surface area contributed by atoms with Crippen molar-refractivity contribution in [2.75, 3.05) is 26.0 Å². The van der Waals surface area contributed by atoms with E-state index < -0.39 is 10.0 Å². The molecule has 0 fully saturated rings. The second-order valence-corrected chi connectivity index (χ2v) is 9.12. The van der Waals surface area contributed by atoms with Gasteiger partial charge in [-0.25, -0.2) is 13.1 Å². The molecule has 2 aromatic carbocycles. The van der Waals surface area contributed by atoms with E-state index in [4.69, 9.17) is 0 Å². The smallest absolute Gasteiger partial charge is 0.240 e. The van der Waals surface area contributed by atoms with Gasteiger partial charge in [0.05, 0.1) is 31.5 Å². The third-order valence-electron chi connectivity index (χ3n) is 5.11. The van der Waals surface area contributed by atoms with E-state index in [1.165, 1.54) is 11.6 Å². The third-order valence-corrected chi connectivity index (χ3v) is 6.53. The maximum atomic E-state index is 12.8. The highest BCUT2D eigenvalue weighted by atomic mass is 32.2. The second kappa shape index (κ2) is 7.42. The number of fused-ring (bicyclic) bond motifs is 1. The van der Waals surface area contributed by atoms with Gasteiger partial charge >= 0.3 is 0 Å². The van der Waals surface area contributed by atoms with E-state index in [1.54, 1.807) is 19.1 Å². The number of aryl methyl sites for hydroxylation is 1. The molecule has 7 heteroatoms. The van der Waals surface area contributed by atoms with E-state index in [0.29, 0.717) is 5.69 Å². The van der Waals surface area contributed by atoms with Crippen LogP contribution in [-0.4, -0.2) is 35.0 Å². The van der Waals surface area contributed by atoms with Gasteiger partial charge in [0.25, 0.3) is 0 Å². The summed E-state index contributed by atoms with van der Waals surface area (Å²) < 4.78 is 28.3. The van der Waals surface area contributed by atoms with Crippen molar-refractivity contribution in [2.45, 2.75) is 30.7 Å². The number of hydrogen-bond donors (Lipinski definition) is 3. The van der Waals surface area contributed by atoms with Crippen LogP contribution in [-0.2, 0) is 14.8 Å². The van der Waals surface area contributed by atoms with Crippen LogP contribution in [0.4, 0.5) is 5.69 Å². The molecule has 2 atom stereocenters. The van der Waals surface area contributed by atoms with Gasteiger partial charge in [0.1, 0.15) is 6.04 Å². The Kier molecular flexibility index (Phi) is 5.37. The molecular formula is C20H26N3O3S+. The van der Waals surface area contributed by atoms with Gasteiger partial charge in [0, 0.05) is 11.3 Å². The van der Waals surface area contributed by atoms with E-state index in [2.05, 4.69) is 10.0 Å². The normalized spacial score (nSPS) is 17.7. The Hall–Kier alpha value is -2.22. The van der Waals surface area contributed by atoms with E-state index >= 15 is 0 Å². The van der Waals surface area contributed by atoms with Crippen LogP contribution in [0.15, 0.2) is 47.4 Å². The molecule has 0 bridgehead atoms. The Bertz CT molecular complexity index is 953. The lowest BCUT2D eigenvalue weighted by Crippen LogP contribution is -3.07. The highest BCUT2D eigenvalue weighted by Gasteiger charge is 2.29. The molecule has 1 amide bonds. The first-order valence-electron chi connectivity index (χ1n) is 9.00. The number of anilines is 1. The molecule has 144 valence electrons. The van der Waals surface area contributed by atoms with Crippen LogP contribution in [0.25, 0.3) is 0 Å². The van der Waals surface area contributed by atoms with Crippen LogP contribution in [0, 0.1) is 6.92 Å². The van der Waals surface area contributed by atoms with Crippen molar-refractivity contribution in [1.82, 2.24) is 4.72 Å². The van der Waals surface area contributed by atoms with Crippen LogP contribution in [0.1, 0.15) is 35.6 Å². The molecule has 0 unspecified atom stereocenters. The Morgan fingerprint density at radius 3 is 2.44 bits per heavy atom. The number of amides is 1. The Morgan fingerprint density at radius 2 is 1.81 bits per heavy atom. The summed E-state index contributed by atoms with van der Waals surface area (Å²) in [7, 11) is 0.344. The van der Waals surface area contributed by atoms with Crippen LogP contribution >= 0.6 is 0 Å². The monoisotopic (exact) mass is 388 g/mol. The summed E-state index contributed by atoms with van der Waals surface area (Å²) in [4.78, 5) is 13.1. The highest BCUT2D eigenvalue weighted by molar-refractivity contribution is 7.89. The summed E-state index contributed by atoms with van der Waals surface area (Å²) in [5.41, 5.74) is 3.65. The van der Waals surface area contributed by atoms with Gasteiger partial charge in [0.2, 0.25) is 15.9 Å². The van der Waals surface area contributed by atoms with Crippen molar-refractivity contribution < 1.29 is 18.1 Å². The van der Waals surface area contributed by atoms with Crippen molar-refractivity contribution in [3.63, 3.8) is 0 Å². The maximum Gasteiger partial charge on any atom is 0.240 e. The quantitative estimate of drug-likeness (QED) is 0.696. The Balaban J connectivity index is 1.80. The molecule has 0 spiro atoms. The maximum absolute atomic E-state index is 12.8. The zero-order chi connectivity index (χ0) is 19.8. The molecule has 2 aromatic rings. The minimum atomic E-state index is -3.67. The number of quaternary nitrogens is 1. The summed E-state index contributed by atoms with van der Waals surface area (Å²) in [5, 5.41) is 2.76. The van der Waals surface area contributed by atoms with Crippen LogP contribution in [0.3, 0.4) is 0 Å². The van der Waals surface area contributed by atoms with Crippen molar-refractivity contribution in [3.8, 4) is 0 Å². The molecule has 0 saturated heterocycles. The molecule has 27 heavy (non-hydrogen) atoms. The average Bonchev–Trinajstić information content (AvgIpc) is 2.90. The summed E-state index contributed by atoms with van der Waals surface area (Å²) >= 11 is 0. The SMILES string of the molecule is Cc1ccc([C@@H](CNS(=O)(=O)c2ccc3c(c2)[C@H](C)C(=O)N3)[NH+](C)C)cc1. The summed E-state index contributed by atoms with van der Waals surface area (Å²) in [5.74, 6) is -0.454. The first kappa shape index (κ1) is 19.5. The minimum Gasteiger partial charge on any atom is -0.333 e. The molecule has 0 radical (unpaired) electrons. The zero-order valence-corrected chi connectivity index (χ0v) is 16.9. The Labute approximate surface area is 160 Å². The zero-order valence-electron chi connectivity index (χ0n) is 16.0. The fourth-order valence-electron chi connectivity index (χ4n) is 3.29. The largest absolute Gasteiger partial charge is 0.333 e. The predicted molar refractivity (Wildman–Crippen MR) is 105 cm³/mol. The topological polar surface area (TPSA) is 79.7 Å². The molecule has 1 aliphatic rings. The number of sulfonamides is 1. The van der Waals surface area contributed by atoms with E-state index in [1.807, 2.05) is 45.3 Å². The van der Waals surface area contributed by atoms with Gasteiger partial charge in [-0.3, -0.25) is 4.79 Å². The molecule has 0 saturated carbocycles. The number of benzene rings is 2. The number of likely N-dealkylation sites (N-methyl/N-ethyl adjacent to an activating group) is 1. The summed E-state index contributed by atoms with van der Waals surface area (Å²) in [6, 6.07) is 12.9. The number of rotatable bonds is 6. The molecule has 3 rings (SSSR count). The number of nitrogens with one attached hydrogen (secondary N) is 3. The number of hydrogen-bond acceptors (Lipinski definition) is 3. The second-order valence-electron chi connectivity index (χ2n) is 7.35. The van der Waals surface area contributed by atoms with E-state index in [9.17, 15) is 13.2 Å². The molecule has 6 nitrogen and oxygen atoms in total. The van der Waals surface area contributed by atoms with Gasteiger partial charge in [-0.2, -0.15) is 0 Å². The lowest BCUT2D eigenvalue weighted by Gasteiger charge is -2.22. The van der Waals surface area contributed by atoms with Crippen molar-refractivity contribution in [3.05, 3.63) is 59.2 Å². The number of carbonyl (C=O) groups is 1. The van der Waals surface area contributed by atoms with Crippen molar-refractivity contribution >= 4 is 21.6 Å². The van der Waals surface area contributed by atoms with Gasteiger partial charge in [-0.15, -0.1) is 0 Å². The van der Waals surface area contributed by atoms with Gasteiger partial charge in [0.15, 0.2) is 0 Å². The molecule has 3 N–H and O–H groups in total. The van der Waals surface area contributed by atoms with Gasteiger partial charge < -0.3 is 10.2 Å². The summed E-state index contributed by atoms with van der Waals surface area (Å²) in [6.45, 7) is 4.09. The predicted octanol–water partition coefficient (Wildman–Crippen LogP) is 1.21. The Morgan fingerprint density at radius 1 is 1.15 bits per heavy atom. The average molecular weight is 389 g/mol. The lowest BCUT2D eigenvalue weighted by atomic mass is 10.0. The first-order valence-corrected chi connectivity index (χ1v) is 10.5. The first-order chi connectivity index (χ1) is 12.7. The summed E-state index contributed by atoms with van der Waals surface area (Å²) in [6.07, 6.45) is 0. The van der Waals surface area contributed by atoms with Crippen molar-refractivity contribution in [2.24, 2.45) is 0 Å². The van der Waals surface area contributed by atoms with Gasteiger partial charge in [-0.05, 0) is 37.6 Å². The van der Waals surface area contributed by atoms with Crippen LogP contribution < -0.4 is 14.9 Å². The number of carbonyl (C=O) groups excluding carboxylic acids is 1. The van der Waals surface area contributed by atoms with E-state index in [0.717, 1.165) is 16.0 Å². The third kappa shape index (κ3) is 4.05. The molecule has 1 aliphatic heterocycles. The molecule has 0 aromatic heterocycles. The highest BCUT2D eigenvalue weighted by Crippen LogP contribution is 2.33. The molecule has 1 heterocycles. The standard InChI is InChI=1S/C20H25N3O3S/c1-13-5-7-15(8-6-13)19(23(3)4)12-21-27(25,26)16-9-10-18-17(11-16)14(2)20(24)22-18/h5-11,14,19,21H,12H2,1-4H3,(H,22,24)/p+1/t14-,19+/m0/s1. The van der Waals surface area contributed by atoms with E-state index in [-0.39, 0.29) is 29.3 Å². The minimum absolute atomic E-state index is 0.00281.